The molecule has 0 spiro atoms. The summed E-state index contributed by atoms with van der Waals surface area (Å²) in [5.41, 5.74) is 4.37. The number of benzene rings is 2. The first-order chi connectivity index (χ1) is 18.7. The Balaban J connectivity index is 1.46. The fourth-order valence-corrected chi connectivity index (χ4v) is 4.34. The standard InChI is InChI=1S/C27H28N8O4/c1-16(36)30-23-7-6-17(18-13-29-33(2)14-18)8-24(23)31-26-28-12-19-15-35(27(37)34(3)25(19)32-26)20-9-21(38-4)11-22(10-20)39-5/h6-14H,15H2,1-5H3,(H,30,36)(H,28,31,32). The highest BCUT2D eigenvalue weighted by atomic mass is 16.5. The molecule has 200 valence electrons. The van der Waals surface area contributed by atoms with Crippen LogP contribution in [0.1, 0.15) is 12.5 Å². The lowest BCUT2D eigenvalue weighted by molar-refractivity contribution is -0.114. The van der Waals surface area contributed by atoms with Crippen molar-refractivity contribution in [3.8, 4) is 22.6 Å². The highest BCUT2D eigenvalue weighted by molar-refractivity contribution is 6.05. The lowest BCUT2D eigenvalue weighted by atomic mass is 10.1. The molecule has 3 heterocycles. The number of anilines is 5. The van der Waals surface area contributed by atoms with E-state index in [-0.39, 0.29) is 24.4 Å². The van der Waals surface area contributed by atoms with Gasteiger partial charge in [0.25, 0.3) is 0 Å². The number of hydrogen-bond acceptors (Lipinski definition) is 8. The van der Waals surface area contributed by atoms with Gasteiger partial charge in [-0.1, -0.05) is 6.07 Å². The van der Waals surface area contributed by atoms with Crippen LogP contribution in [0.2, 0.25) is 0 Å². The van der Waals surface area contributed by atoms with Gasteiger partial charge in [0.1, 0.15) is 17.3 Å². The quantitative estimate of drug-likeness (QED) is 0.366. The van der Waals surface area contributed by atoms with Crippen LogP contribution in [0.15, 0.2) is 55.0 Å². The minimum absolute atomic E-state index is 0.210. The maximum atomic E-state index is 13.4. The number of nitrogens with one attached hydrogen (secondary N) is 2. The Bertz CT molecular complexity index is 1550. The number of rotatable bonds is 7. The number of urea groups is 1. The smallest absolute Gasteiger partial charge is 0.330 e. The van der Waals surface area contributed by atoms with Crippen LogP contribution in [0, 0.1) is 0 Å². The highest BCUT2D eigenvalue weighted by Gasteiger charge is 2.31. The molecular weight excluding hydrogens is 500 g/mol. The van der Waals surface area contributed by atoms with Crippen LogP contribution in [0.4, 0.5) is 33.6 Å². The summed E-state index contributed by atoms with van der Waals surface area (Å²) in [4.78, 5) is 37.4. The van der Waals surface area contributed by atoms with Crippen molar-refractivity contribution in [3.63, 3.8) is 0 Å². The topological polar surface area (TPSA) is 127 Å². The number of nitrogens with zero attached hydrogens (tertiary/aromatic N) is 6. The summed E-state index contributed by atoms with van der Waals surface area (Å²) in [6.45, 7) is 1.71. The highest BCUT2D eigenvalue weighted by Crippen LogP contribution is 2.35. The lowest BCUT2D eigenvalue weighted by Gasteiger charge is -2.34. The summed E-state index contributed by atoms with van der Waals surface area (Å²) in [6.07, 6.45) is 5.34. The van der Waals surface area contributed by atoms with E-state index >= 15 is 0 Å². The zero-order chi connectivity index (χ0) is 27.7. The number of carbonyl (C=O) groups is 2. The average molecular weight is 529 g/mol. The van der Waals surface area contributed by atoms with Gasteiger partial charge in [-0.3, -0.25) is 19.3 Å². The Morgan fingerprint density at radius 3 is 2.36 bits per heavy atom. The van der Waals surface area contributed by atoms with E-state index in [1.54, 1.807) is 67.5 Å². The lowest BCUT2D eigenvalue weighted by Crippen LogP contribution is -2.46. The first kappa shape index (κ1) is 25.5. The van der Waals surface area contributed by atoms with Crippen LogP contribution < -0.4 is 29.9 Å². The second-order valence-electron chi connectivity index (χ2n) is 9.01. The average Bonchev–Trinajstić information content (AvgIpc) is 3.37. The van der Waals surface area contributed by atoms with Gasteiger partial charge < -0.3 is 20.1 Å². The second-order valence-corrected chi connectivity index (χ2v) is 9.01. The summed E-state index contributed by atoms with van der Waals surface area (Å²) in [7, 11) is 6.63. The van der Waals surface area contributed by atoms with E-state index in [2.05, 4.69) is 25.7 Å². The van der Waals surface area contributed by atoms with E-state index in [1.807, 2.05) is 25.4 Å². The Labute approximate surface area is 225 Å². The summed E-state index contributed by atoms with van der Waals surface area (Å²) >= 11 is 0. The van der Waals surface area contributed by atoms with Crippen molar-refractivity contribution in [2.24, 2.45) is 7.05 Å². The zero-order valence-electron chi connectivity index (χ0n) is 22.2. The van der Waals surface area contributed by atoms with Crippen molar-refractivity contribution in [2.75, 3.05) is 41.7 Å². The molecule has 0 atom stereocenters. The first-order valence-electron chi connectivity index (χ1n) is 12.1. The number of aryl methyl sites for hydroxylation is 1. The largest absolute Gasteiger partial charge is 0.497 e. The molecule has 2 aromatic carbocycles. The number of hydrogen-bond donors (Lipinski definition) is 2. The Morgan fingerprint density at radius 1 is 0.974 bits per heavy atom. The van der Waals surface area contributed by atoms with E-state index in [0.29, 0.717) is 34.4 Å². The maximum Gasteiger partial charge on any atom is 0.330 e. The fraction of sp³-hybridized carbons (Fsp3) is 0.222. The molecule has 2 N–H and O–H groups in total. The molecule has 12 heteroatoms. The third-order valence-electron chi connectivity index (χ3n) is 6.27. The molecule has 1 aliphatic heterocycles. The van der Waals surface area contributed by atoms with Crippen LogP contribution in [-0.2, 0) is 18.4 Å². The van der Waals surface area contributed by atoms with Gasteiger partial charge >= 0.3 is 6.03 Å². The predicted octanol–water partition coefficient (Wildman–Crippen LogP) is 4.17. The van der Waals surface area contributed by atoms with Crippen molar-refractivity contribution in [3.05, 3.63) is 60.6 Å². The molecule has 2 aromatic heterocycles. The number of carbonyl (C=O) groups excluding carboxylic acids is 2. The molecule has 1 aliphatic rings. The Kier molecular flexibility index (Phi) is 6.75. The molecule has 0 unspecified atom stereocenters. The van der Waals surface area contributed by atoms with Crippen molar-refractivity contribution in [2.45, 2.75) is 13.5 Å². The van der Waals surface area contributed by atoms with E-state index < -0.39 is 0 Å². The molecule has 39 heavy (non-hydrogen) atoms. The minimum atomic E-state index is -0.264. The molecule has 0 aliphatic carbocycles. The molecular formula is C27H28N8O4. The summed E-state index contributed by atoms with van der Waals surface area (Å²) in [6, 6.07) is 10.6. The van der Waals surface area contributed by atoms with Crippen LogP contribution in [0.25, 0.3) is 11.1 Å². The Morgan fingerprint density at radius 2 is 1.72 bits per heavy atom. The van der Waals surface area contributed by atoms with Crippen LogP contribution in [0.5, 0.6) is 11.5 Å². The fourth-order valence-electron chi connectivity index (χ4n) is 4.34. The van der Waals surface area contributed by atoms with Gasteiger partial charge in [0, 0.05) is 62.7 Å². The van der Waals surface area contributed by atoms with Crippen molar-refractivity contribution in [1.82, 2.24) is 19.7 Å². The van der Waals surface area contributed by atoms with Crippen LogP contribution >= 0.6 is 0 Å². The predicted molar refractivity (Wildman–Crippen MR) is 148 cm³/mol. The molecule has 12 nitrogen and oxygen atoms in total. The van der Waals surface area contributed by atoms with Gasteiger partial charge in [-0.25, -0.2) is 9.78 Å². The number of methoxy groups -OCH3 is 2. The number of amides is 3. The zero-order valence-corrected chi connectivity index (χ0v) is 22.2. The summed E-state index contributed by atoms with van der Waals surface area (Å²) in [5, 5.41) is 10.3. The minimum Gasteiger partial charge on any atom is -0.497 e. The molecule has 0 fully saturated rings. The van der Waals surface area contributed by atoms with Gasteiger partial charge in [0.05, 0.1) is 44.0 Å². The van der Waals surface area contributed by atoms with Crippen LogP contribution in [0.3, 0.4) is 0 Å². The van der Waals surface area contributed by atoms with Gasteiger partial charge in [-0.05, 0) is 17.7 Å². The SMILES string of the molecule is COc1cc(OC)cc(N2Cc3cnc(Nc4cc(-c5cnn(C)c5)ccc4NC(C)=O)nc3N(C)C2=O)c1. The molecule has 0 radical (unpaired) electrons. The monoisotopic (exact) mass is 528 g/mol. The van der Waals surface area contributed by atoms with Gasteiger partial charge in [0.15, 0.2) is 0 Å². The van der Waals surface area contributed by atoms with Crippen LogP contribution in [-0.4, -0.2) is 53.0 Å². The molecule has 0 saturated carbocycles. The van der Waals surface area contributed by atoms with E-state index in [1.165, 1.54) is 11.8 Å². The molecule has 4 aromatic rings. The Hall–Kier alpha value is -5.13. The number of fused-ring (bicyclic) bond motifs is 1. The first-order valence-corrected chi connectivity index (χ1v) is 12.1. The third-order valence-corrected chi connectivity index (χ3v) is 6.27. The number of aromatic nitrogens is 4. The second kappa shape index (κ2) is 10.3. The van der Waals surface area contributed by atoms with E-state index in [9.17, 15) is 9.59 Å². The van der Waals surface area contributed by atoms with E-state index in [4.69, 9.17) is 9.47 Å². The van der Waals surface area contributed by atoms with Crippen molar-refractivity contribution < 1.29 is 19.1 Å². The molecule has 0 bridgehead atoms. The van der Waals surface area contributed by atoms with Gasteiger partial charge in [0.2, 0.25) is 11.9 Å². The number of ether oxygens (including phenoxy) is 2. The van der Waals surface area contributed by atoms with E-state index in [0.717, 1.165) is 16.7 Å². The van der Waals surface area contributed by atoms with Gasteiger partial charge in [-0.2, -0.15) is 10.1 Å². The van der Waals surface area contributed by atoms with Gasteiger partial charge in [-0.15, -0.1) is 0 Å². The van der Waals surface area contributed by atoms with Crippen molar-refractivity contribution in [1.29, 1.82) is 0 Å². The molecule has 5 rings (SSSR count). The summed E-state index contributed by atoms with van der Waals surface area (Å²) < 4.78 is 12.5. The molecule has 0 saturated heterocycles. The summed E-state index contributed by atoms with van der Waals surface area (Å²) in [5.74, 6) is 1.70. The molecule has 3 amide bonds. The third kappa shape index (κ3) is 5.17. The maximum absolute atomic E-state index is 13.4. The normalized spacial score (nSPS) is 12.7. The van der Waals surface area contributed by atoms with Crippen molar-refractivity contribution >= 4 is 40.8 Å².